The minimum absolute atomic E-state index is 0.0537. The van der Waals surface area contributed by atoms with Gasteiger partial charge in [-0.25, -0.2) is 4.99 Å². The van der Waals surface area contributed by atoms with E-state index < -0.39 is 4.92 Å². The summed E-state index contributed by atoms with van der Waals surface area (Å²) in [6.07, 6.45) is 0. The van der Waals surface area contributed by atoms with Crippen LogP contribution in [-0.2, 0) is 11.3 Å². The lowest BCUT2D eigenvalue weighted by molar-refractivity contribution is -0.384. The highest BCUT2D eigenvalue weighted by atomic mass is 16.6. The van der Waals surface area contributed by atoms with Crippen molar-refractivity contribution in [2.24, 2.45) is 4.99 Å². The van der Waals surface area contributed by atoms with Crippen LogP contribution in [0.3, 0.4) is 0 Å². The molecule has 0 aromatic heterocycles. The molecule has 1 atom stereocenters. The van der Waals surface area contributed by atoms with E-state index in [1.165, 1.54) is 12.1 Å². The monoisotopic (exact) mass is 416 g/mol. The second-order valence-electron chi connectivity index (χ2n) is 6.48. The lowest BCUT2D eigenvalue weighted by Gasteiger charge is -2.21. The fourth-order valence-corrected chi connectivity index (χ4v) is 2.78. The molecule has 1 unspecified atom stereocenters. The number of benzene rings is 2. The SMILES string of the molecule is COCCNC(=NCc1ccc([N+](=O)[O-])cc1)NC(C)c1cc(OC)ccc1OC. The van der Waals surface area contributed by atoms with Crippen LogP contribution in [0, 0.1) is 10.1 Å². The highest BCUT2D eigenvalue weighted by Gasteiger charge is 2.14. The van der Waals surface area contributed by atoms with Gasteiger partial charge in [-0.15, -0.1) is 0 Å². The van der Waals surface area contributed by atoms with Crippen molar-refractivity contribution in [2.75, 3.05) is 34.5 Å². The van der Waals surface area contributed by atoms with Gasteiger partial charge in [0.15, 0.2) is 5.96 Å². The Morgan fingerprint density at radius 1 is 1.13 bits per heavy atom. The van der Waals surface area contributed by atoms with Crippen LogP contribution in [0.1, 0.15) is 24.1 Å². The molecule has 0 saturated heterocycles. The number of aliphatic imine (C=N–C) groups is 1. The van der Waals surface area contributed by atoms with E-state index in [9.17, 15) is 10.1 Å². The number of nitrogens with zero attached hydrogens (tertiary/aromatic N) is 2. The molecule has 30 heavy (non-hydrogen) atoms. The lowest BCUT2D eigenvalue weighted by Crippen LogP contribution is -2.40. The van der Waals surface area contributed by atoms with E-state index in [4.69, 9.17) is 14.2 Å². The summed E-state index contributed by atoms with van der Waals surface area (Å²) in [7, 11) is 4.87. The predicted molar refractivity (Wildman–Crippen MR) is 115 cm³/mol. The van der Waals surface area contributed by atoms with Crippen LogP contribution in [0.2, 0.25) is 0 Å². The molecule has 0 radical (unpaired) electrons. The van der Waals surface area contributed by atoms with Gasteiger partial charge in [0.1, 0.15) is 11.5 Å². The zero-order valence-electron chi connectivity index (χ0n) is 17.7. The Morgan fingerprint density at radius 3 is 2.47 bits per heavy atom. The summed E-state index contributed by atoms with van der Waals surface area (Å²) >= 11 is 0. The maximum absolute atomic E-state index is 10.8. The van der Waals surface area contributed by atoms with Crippen LogP contribution < -0.4 is 20.1 Å². The summed E-state index contributed by atoms with van der Waals surface area (Å²) in [5.41, 5.74) is 1.84. The molecule has 0 aliphatic rings. The summed E-state index contributed by atoms with van der Waals surface area (Å²) in [6, 6.07) is 11.8. The Kier molecular flexibility index (Phi) is 8.89. The Morgan fingerprint density at radius 2 is 1.87 bits per heavy atom. The summed E-state index contributed by atoms with van der Waals surface area (Å²) in [5, 5.41) is 17.4. The van der Waals surface area contributed by atoms with E-state index in [0.29, 0.717) is 25.7 Å². The Hall–Kier alpha value is -3.33. The van der Waals surface area contributed by atoms with Crippen LogP contribution in [0.25, 0.3) is 0 Å². The maximum atomic E-state index is 10.8. The first-order chi connectivity index (χ1) is 14.5. The molecule has 2 aromatic rings. The number of non-ortho nitro benzene ring substituents is 1. The third-order valence-corrected chi connectivity index (χ3v) is 4.42. The standard InChI is InChI=1S/C21H28N4O5/c1-15(19-13-18(29-3)9-10-20(19)30-4)24-21(22-11-12-28-2)23-14-16-5-7-17(8-6-16)25(26)27/h5-10,13,15H,11-12,14H2,1-4H3,(H2,22,23,24). The van der Waals surface area contributed by atoms with Gasteiger partial charge in [0, 0.05) is 31.4 Å². The van der Waals surface area contributed by atoms with Crippen molar-refractivity contribution >= 4 is 11.6 Å². The van der Waals surface area contributed by atoms with Gasteiger partial charge in [-0.05, 0) is 30.7 Å². The zero-order valence-corrected chi connectivity index (χ0v) is 17.7. The number of nitrogens with one attached hydrogen (secondary N) is 2. The molecule has 162 valence electrons. The normalized spacial score (nSPS) is 12.2. The van der Waals surface area contributed by atoms with Crippen LogP contribution >= 0.6 is 0 Å². The largest absolute Gasteiger partial charge is 0.497 e. The number of nitro benzene ring substituents is 1. The third-order valence-electron chi connectivity index (χ3n) is 4.42. The minimum atomic E-state index is -0.421. The zero-order chi connectivity index (χ0) is 21.9. The first-order valence-electron chi connectivity index (χ1n) is 9.47. The van der Waals surface area contributed by atoms with Crippen molar-refractivity contribution in [1.82, 2.24) is 10.6 Å². The van der Waals surface area contributed by atoms with E-state index in [1.807, 2.05) is 25.1 Å². The van der Waals surface area contributed by atoms with Crippen molar-refractivity contribution in [3.8, 4) is 11.5 Å². The van der Waals surface area contributed by atoms with Crippen LogP contribution in [0.4, 0.5) is 5.69 Å². The molecule has 0 bridgehead atoms. The number of rotatable bonds is 10. The molecule has 0 spiro atoms. The number of methoxy groups -OCH3 is 3. The summed E-state index contributed by atoms with van der Waals surface area (Å²) in [6.45, 7) is 3.46. The molecular formula is C21H28N4O5. The third kappa shape index (κ3) is 6.63. The molecule has 2 rings (SSSR count). The Labute approximate surface area is 176 Å². The quantitative estimate of drug-likeness (QED) is 0.201. The van der Waals surface area contributed by atoms with E-state index in [-0.39, 0.29) is 11.7 Å². The average molecular weight is 416 g/mol. The van der Waals surface area contributed by atoms with E-state index in [1.54, 1.807) is 33.5 Å². The molecule has 9 heteroatoms. The molecule has 0 saturated carbocycles. The molecule has 0 fully saturated rings. The first-order valence-corrected chi connectivity index (χ1v) is 9.47. The molecule has 2 N–H and O–H groups in total. The van der Waals surface area contributed by atoms with E-state index in [2.05, 4.69) is 15.6 Å². The molecular weight excluding hydrogens is 388 g/mol. The molecule has 0 aliphatic heterocycles. The number of hydrogen-bond acceptors (Lipinski definition) is 6. The fraction of sp³-hybridized carbons (Fsp3) is 0.381. The van der Waals surface area contributed by atoms with E-state index >= 15 is 0 Å². The molecule has 0 amide bonds. The van der Waals surface area contributed by atoms with Gasteiger partial charge < -0.3 is 24.8 Å². The number of ether oxygens (including phenoxy) is 3. The van der Waals surface area contributed by atoms with Gasteiger partial charge in [0.25, 0.3) is 5.69 Å². The van der Waals surface area contributed by atoms with Crippen molar-refractivity contribution in [3.63, 3.8) is 0 Å². The molecule has 2 aromatic carbocycles. The maximum Gasteiger partial charge on any atom is 0.269 e. The van der Waals surface area contributed by atoms with Gasteiger partial charge in [0.05, 0.1) is 38.3 Å². The van der Waals surface area contributed by atoms with Gasteiger partial charge in [-0.3, -0.25) is 10.1 Å². The van der Waals surface area contributed by atoms with Crippen LogP contribution in [0.15, 0.2) is 47.5 Å². The average Bonchev–Trinajstić information content (AvgIpc) is 2.77. The number of hydrogen-bond donors (Lipinski definition) is 2. The number of guanidine groups is 1. The van der Waals surface area contributed by atoms with Gasteiger partial charge in [-0.1, -0.05) is 12.1 Å². The summed E-state index contributed by atoms with van der Waals surface area (Å²) < 4.78 is 15.9. The number of nitro groups is 1. The fourth-order valence-electron chi connectivity index (χ4n) is 2.78. The predicted octanol–water partition coefficient (Wildman–Crippen LogP) is 3.05. The van der Waals surface area contributed by atoms with Crippen molar-refractivity contribution in [3.05, 3.63) is 63.7 Å². The van der Waals surface area contributed by atoms with Crippen molar-refractivity contribution in [2.45, 2.75) is 19.5 Å². The summed E-state index contributed by atoms with van der Waals surface area (Å²) in [5.74, 6) is 2.06. The molecule has 0 aliphatic carbocycles. The lowest BCUT2D eigenvalue weighted by atomic mass is 10.1. The Balaban J connectivity index is 2.17. The summed E-state index contributed by atoms with van der Waals surface area (Å²) in [4.78, 5) is 15.0. The first kappa shape index (κ1) is 23.0. The van der Waals surface area contributed by atoms with Crippen molar-refractivity contribution in [1.29, 1.82) is 0 Å². The minimum Gasteiger partial charge on any atom is -0.497 e. The second-order valence-corrected chi connectivity index (χ2v) is 6.48. The smallest absolute Gasteiger partial charge is 0.269 e. The molecule has 0 heterocycles. The van der Waals surface area contributed by atoms with Gasteiger partial charge in [0.2, 0.25) is 0 Å². The van der Waals surface area contributed by atoms with Crippen LogP contribution in [-0.4, -0.2) is 45.4 Å². The molecule has 9 nitrogen and oxygen atoms in total. The van der Waals surface area contributed by atoms with Crippen LogP contribution in [0.5, 0.6) is 11.5 Å². The Bertz CT molecular complexity index is 855. The highest BCUT2D eigenvalue weighted by molar-refractivity contribution is 5.80. The van der Waals surface area contributed by atoms with Gasteiger partial charge in [-0.2, -0.15) is 0 Å². The topological polar surface area (TPSA) is 107 Å². The van der Waals surface area contributed by atoms with E-state index in [0.717, 1.165) is 22.6 Å². The highest BCUT2D eigenvalue weighted by Crippen LogP contribution is 2.29. The van der Waals surface area contributed by atoms with Crippen molar-refractivity contribution < 1.29 is 19.1 Å². The van der Waals surface area contributed by atoms with Gasteiger partial charge >= 0.3 is 0 Å². The second kappa shape index (κ2) is 11.6.